The predicted octanol–water partition coefficient (Wildman–Crippen LogP) is 4.65. The molecule has 0 fully saturated rings. The van der Waals surface area contributed by atoms with E-state index in [1.807, 2.05) is 30.3 Å². The Hall–Kier alpha value is -3.87. The van der Waals surface area contributed by atoms with E-state index in [0.717, 1.165) is 0 Å². The highest BCUT2D eigenvalue weighted by atomic mass is 16.6. The molecule has 7 nitrogen and oxygen atoms in total. The molecule has 136 valence electrons. The number of carbonyl (C=O) groups is 1. The van der Waals surface area contributed by atoms with Gasteiger partial charge in [-0.25, -0.2) is 0 Å². The fourth-order valence-corrected chi connectivity index (χ4v) is 2.42. The van der Waals surface area contributed by atoms with E-state index in [-0.39, 0.29) is 17.3 Å². The third-order valence-corrected chi connectivity index (χ3v) is 3.72. The average molecular weight is 364 g/mol. The number of methoxy groups -OCH3 is 1. The lowest BCUT2D eigenvalue weighted by Crippen LogP contribution is -2.12. The summed E-state index contributed by atoms with van der Waals surface area (Å²) < 4.78 is 10.9. The number of nitro benzene ring substituents is 1. The van der Waals surface area contributed by atoms with Crippen molar-refractivity contribution in [1.82, 2.24) is 0 Å². The summed E-state index contributed by atoms with van der Waals surface area (Å²) in [6, 6.07) is 19.9. The minimum atomic E-state index is -0.529. The SMILES string of the molecule is COc1cc([N+](=O)[O-])ccc1NC(=O)c1cccc(Oc2ccccc2)c1. The highest BCUT2D eigenvalue weighted by Gasteiger charge is 2.14. The number of anilines is 1. The Kier molecular flexibility index (Phi) is 5.32. The number of amides is 1. The maximum absolute atomic E-state index is 12.5. The fraction of sp³-hybridized carbons (Fsp3) is 0.0500. The third kappa shape index (κ3) is 4.40. The number of para-hydroxylation sites is 1. The fourth-order valence-electron chi connectivity index (χ4n) is 2.42. The molecule has 0 aliphatic rings. The normalized spacial score (nSPS) is 10.1. The molecule has 0 spiro atoms. The van der Waals surface area contributed by atoms with Crippen molar-refractivity contribution in [2.75, 3.05) is 12.4 Å². The van der Waals surface area contributed by atoms with Crippen LogP contribution in [0.15, 0.2) is 72.8 Å². The van der Waals surface area contributed by atoms with Gasteiger partial charge in [0.25, 0.3) is 11.6 Å². The zero-order chi connectivity index (χ0) is 19.2. The van der Waals surface area contributed by atoms with Gasteiger partial charge in [-0.15, -0.1) is 0 Å². The van der Waals surface area contributed by atoms with E-state index in [2.05, 4.69) is 5.32 Å². The molecule has 27 heavy (non-hydrogen) atoms. The molecular formula is C20H16N2O5. The van der Waals surface area contributed by atoms with E-state index in [4.69, 9.17) is 9.47 Å². The molecule has 1 N–H and O–H groups in total. The van der Waals surface area contributed by atoms with Crippen LogP contribution in [0.5, 0.6) is 17.2 Å². The molecule has 0 saturated carbocycles. The first-order valence-electron chi connectivity index (χ1n) is 8.03. The molecule has 3 aromatic rings. The summed E-state index contributed by atoms with van der Waals surface area (Å²) in [4.78, 5) is 22.9. The minimum absolute atomic E-state index is 0.122. The van der Waals surface area contributed by atoms with Crippen LogP contribution in [0.25, 0.3) is 0 Å². The van der Waals surface area contributed by atoms with Gasteiger partial charge in [0, 0.05) is 11.6 Å². The van der Waals surface area contributed by atoms with Gasteiger partial charge in [0.2, 0.25) is 0 Å². The molecule has 0 aliphatic heterocycles. The Labute approximate surface area is 155 Å². The minimum Gasteiger partial charge on any atom is -0.494 e. The molecule has 0 saturated heterocycles. The number of carbonyl (C=O) groups excluding carboxylic acids is 1. The molecule has 3 aromatic carbocycles. The van der Waals surface area contributed by atoms with Crippen molar-refractivity contribution in [2.45, 2.75) is 0 Å². The Bertz CT molecular complexity index is 973. The average Bonchev–Trinajstić information content (AvgIpc) is 2.69. The second kappa shape index (κ2) is 8.01. The summed E-state index contributed by atoms with van der Waals surface area (Å²) in [7, 11) is 1.38. The van der Waals surface area contributed by atoms with Crippen LogP contribution in [-0.2, 0) is 0 Å². The molecule has 7 heteroatoms. The molecule has 0 aromatic heterocycles. The maximum atomic E-state index is 12.5. The van der Waals surface area contributed by atoms with Gasteiger partial charge in [-0.2, -0.15) is 0 Å². The van der Waals surface area contributed by atoms with Crippen LogP contribution >= 0.6 is 0 Å². The van der Waals surface area contributed by atoms with E-state index in [1.165, 1.54) is 25.3 Å². The summed E-state index contributed by atoms with van der Waals surface area (Å²) in [6.07, 6.45) is 0. The molecule has 3 rings (SSSR count). The third-order valence-electron chi connectivity index (χ3n) is 3.72. The van der Waals surface area contributed by atoms with Crippen molar-refractivity contribution >= 4 is 17.3 Å². The zero-order valence-corrected chi connectivity index (χ0v) is 14.4. The van der Waals surface area contributed by atoms with E-state index < -0.39 is 4.92 Å². The smallest absolute Gasteiger partial charge is 0.273 e. The van der Waals surface area contributed by atoms with Gasteiger partial charge in [0.1, 0.15) is 17.2 Å². The van der Waals surface area contributed by atoms with Crippen LogP contribution in [0.3, 0.4) is 0 Å². The largest absolute Gasteiger partial charge is 0.494 e. The van der Waals surface area contributed by atoms with Crippen LogP contribution < -0.4 is 14.8 Å². The molecule has 0 heterocycles. The van der Waals surface area contributed by atoms with Gasteiger partial charge in [-0.05, 0) is 36.4 Å². The van der Waals surface area contributed by atoms with Gasteiger partial charge in [-0.3, -0.25) is 14.9 Å². The number of non-ortho nitro benzene ring substituents is 1. The quantitative estimate of drug-likeness (QED) is 0.508. The van der Waals surface area contributed by atoms with Gasteiger partial charge >= 0.3 is 0 Å². The number of nitro groups is 1. The molecule has 0 radical (unpaired) electrons. The van der Waals surface area contributed by atoms with Crippen molar-refractivity contribution < 1.29 is 19.2 Å². The zero-order valence-electron chi connectivity index (χ0n) is 14.4. The van der Waals surface area contributed by atoms with Crippen molar-refractivity contribution in [3.63, 3.8) is 0 Å². The standard InChI is InChI=1S/C20H16N2O5/c1-26-19-13-15(22(24)25)10-11-18(19)21-20(23)14-6-5-9-17(12-14)27-16-7-3-2-4-8-16/h2-13H,1H3,(H,21,23). The number of ether oxygens (including phenoxy) is 2. The Morgan fingerprint density at radius 2 is 1.70 bits per heavy atom. The van der Waals surface area contributed by atoms with E-state index in [0.29, 0.717) is 22.7 Å². The molecule has 1 amide bonds. The summed E-state index contributed by atoms with van der Waals surface area (Å²) in [6.45, 7) is 0. The van der Waals surface area contributed by atoms with Crippen LogP contribution in [0.2, 0.25) is 0 Å². The summed E-state index contributed by atoms with van der Waals surface area (Å²) in [5, 5.41) is 13.6. The van der Waals surface area contributed by atoms with Crippen molar-refractivity contribution in [1.29, 1.82) is 0 Å². The highest BCUT2D eigenvalue weighted by Crippen LogP contribution is 2.30. The monoisotopic (exact) mass is 364 g/mol. The van der Waals surface area contributed by atoms with E-state index in [9.17, 15) is 14.9 Å². The van der Waals surface area contributed by atoms with E-state index >= 15 is 0 Å². The number of hydrogen-bond donors (Lipinski definition) is 1. The van der Waals surface area contributed by atoms with Crippen molar-refractivity contribution in [3.8, 4) is 17.2 Å². The van der Waals surface area contributed by atoms with Crippen molar-refractivity contribution in [3.05, 3.63) is 88.5 Å². The lowest BCUT2D eigenvalue weighted by atomic mass is 10.2. The maximum Gasteiger partial charge on any atom is 0.273 e. The van der Waals surface area contributed by atoms with Crippen LogP contribution in [0, 0.1) is 10.1 Å². The van der Waals surface area contributed by atoms with Crippen molar-refractivity contribution in [2.24, 2.45) is 0 Å². The summed E-state index contributed by atoms with van der Waals surface area (Å²) >= 11 is 0. The summed E-state index contributed by atoms with van der Waals surface area (Å²) in [5.74, 6) is 0.992. The number of rotatable bonds is 6. The predicted molar refractivity (Wildman–Crippen MR) is 101 cm³/mol. The lowest BCUT2D eigenvalue weighted by Gasteiger charge is -2.11. The highest BCUT2D eigenvalue weighted by molar-refractivity contribution is 6.05. The molecule has 0 aliphatic carbocycles. The second-order valence-electron chi connectivity index (χ2n) is 5.54. The molecular weight excluding hydrogens is 348 g/mol. The first-order chi connectivity index (χ1) is 13.1. The number of nitrogens with zero attached hydrogens (tertiary/aromatic N) is 1. The van der Waals surface area contributed by atoms with Gasteiger partial charge in [-0.1, -0.05) is 24.3 Å². The number of benzene rings is 3. The first kappa shape index (κ1) is 17.9. The Morgan fingerprint density at radius 1 is 0.963 bits per heavy atom. The molecule has 0 unspecified atom stereocenters. The Balaban J connectivity index is 1.78. The first-order valence-corrected chi connectivity index (χ1v) is 8.03. The topological polar surface area (TPSA) is 90.7 Å². The van der Waals surface area contributed by atoms with Gasteiger partial charge in [0.15, 0.2) is 0 Å². The van der Waals surface area contributed by atoms with Crippen LogP contribution in [0.1, 0.15) is 10.4 Å². The van der Waals surface area contributed by atoms with Gasteiger partial charge < -0.3 is 14.8 Å². The summed E-state index contributed by atoms with van der Waals surface area (Å²) in [5.41, 5.74) is 0.592. The van der Waals surface area contributed by atoms with E-state index in [1.54, 1.807) is 24.3 Å². The molecule has 0 atom stereocenters. The Morgan fingerprint density at radius 3 is 2.41 bits per heavy atom. The molecule has 0 bridgehead atoms. The number of nitrogens with one attached hydrogen (secondary N) is 1. The second-order valence-corrected chi connectivity index (χ2v) is 5.54. The van der Waals surface area contributed by atoms with Gasteiger partial charge in [0.05, 0.1) is 23.8 Å². The lowest BCUT2D eigenvalue weighted by molar-refractivity contribution is -0.384. The van der Waals surface area contributed by atoms with Crippen LogP contribution in [0.4, 0.5) is 11.4 Å². The number of hydrogen-bond acceptors (Lipinski definition) is 5. The van der Waals surface area contributed by atoms with Crippen LogP contribution in [-0.4, -0.2) is 17.9 Å².